The molecule has 0 aliphatic carbocycles. The van der Waals surface area contributed by atoms with Crippen LogP contribution in [-0.2, 0) is 19.7 Å². The summed E-state index contributed by atoms with van der Waals surface area (Å²) in [5.74, 6) is 14.1. The van der Waals surface area contributed by atoms with Gasteiger partial charge in [0.05, 0.1) is 0 Å². The Morgan fingerprint density at radius 3 is 1.76 bits per heavy atom. The number of nitrogens with zero attached hydrogens (tertiary/aromatic N) is 1. The molecule has 6 heteroatoms. The summed E-state index contributed by atoms with van der Waals surface area (Å²) in [7, 11) is 3.28. The van der Waals surface area contributed by atoms with Gasteiger partial charge in [0.1, 0.15) is 29.3 Å². The van der Waals surface area contributed by atoms with Gasteiger partial charge < -0.3 is 24.7 Å². The van der Waals surface area contributed by atoms with Crippen molar-refractivity contribution in [2.75, 3.05) is 20.8 Å². The fourth-order valence-corrected chi connectivity index (χ4v) is 3.56. The lowest BCUT2D eigenvalue weighted by Crippen LogP contribution is -2.31. The molecule has 2 aromatic carbocycles. The molecule has 6 nitrogen and oxygen atoms in total. The van der Waals surface area contributed by atoms with Crippen LogP contribution in [0.25, 0.3) is 0 Å². The second kappa shape index (κ2) is 8.15. The van der Waals surface area contributed by atoms with Gasteiger partial charge in [0.25, 0.3) is 6.02 Å². The monoisotopic (exact) mass is 444 g/mol. The minimum Gasteiger partial charge on any atom is -0.462 e. The van der Waals surface area contributed by atoms with Crippen LogP contribution in [0.2, 0.25) is 0 Å². The first kappa shape index (κ1) is 22.7. The van der Waals surface area contributed by atoms with Crippen molar-refractivity contribution >= 4 is 6.02 Å². The van der Waals surface area contributed by atoms with E-state index in [0.717, 1.165) is 22.3 Å². The molecule has 2 aromatic rings. The normalized spacial score (nSPS) is 15.6. The molecule has 0 fully saturated rings. The summed E-state index contributed by atoms with van der Waals surface area (Å²) in [4.78, 5) is 4.74. The standard InChI is InChI=1S/C27H28N2O4/c1-25(2,30-5)13-11-18-7-9-22-20(15-18)27(17-32-24(28)29-27)21-16-19(8-10-23(21)33-22)12-14-26(3,4)31-6/h7-10,15-16H,17H2,1-6H3,(H2,28,29). The molecule has 0 bridgehead atoms. The molecule has 33 heavy (non-hydrogen) atoms. The Balaban J connectivity index is 1.84. The number of rotatable bonds is 2. The number of amidine groups is 1. The van der Waals surface area contributed by atoms with Crippen molar-refractivity contribution in [3.05, 3.63) is 58.7 Å². The van der Waals surface area contributed by atoms with Gasteiger partial charge in [-0.1, -0.05) is 23.7 Å². The highest BCUT2D eigenvalue weighted by molar-refractivity contribution is 5.77. The first-order valence-corrected chi connectivity index (χ1v) is 10.7. The van der Waals surface area contributed by atoms with Crippen LogP contribution in [0.5, 0.6) is 11.5 Å². The molecule has 4 rings (SSSR count). The zero-order valence-electron chi connectivity index (χ0n) is 19.8. The van der Waals surface area contributed by atoms with E-state index in [1.54, 1.807) is 14.2 Å². The molecule has 2 aliphatic heterocycles. The number of ether oxygens (including phenoxy) is 4. The van der Waals surface area contributed by atoms with Gasteiger partial charge in [0.2, 0.25) is 0 Å². The van der Waals surface area contributed by atoms with E-state index >= 15 is 0 Å². The first-order valence-electron chi connectivity index (χ1n) is 10.7. The number of aliphatic imine (C=N–C) groups is 1. The molecule has 0 atom stereocenters. The first-order chi connectivity index (χ1) is 15.6. The van der Waals surface area contributed by atoms with Crippen molar-refractivity contribution in [2.24, 2.45) is 10.7 Å². The molecular weight excluding hydrogens is 416 g/mol. The number of methoxy groups -OCH3 is 2. The second-order valence-electron chi connectivity index (χ2n) is 9.05. The number of nitrogens with two attached hydrogens (primary N) is 1. The Morgan fingerprint density at radius 1 is 0.879 bits per heavy atom. The average Bonchev–Trinajstić information content (AvgIpc) is 3.19. The Hall–Kier alpha value is -3.45. The maximum Gasteiger partial charge on any atom is 0.283 e. The third-order valence-corrected chi connectivity index (χ3v) is 5.84. The van der Waals surface area contributed by atoms with Crippen molar-refractivity contribution in [3.8, 4) is 35.2 Å². The Morgan fingerprint density at radius 2 is 1.36 bits per heavy atom. The van der Waals surface area contributed by atoms with Crippen molar-refractivity contribution in [1.29, 1.82) is 0 Å². The summed E-state index contributed by atoms with van der Waals surface area (Å²) in [5, 5.41) is 0. The highest BCUT2D eigenvalue weighted by Crippen LogP contribution is 2.51. The van der Waals surface area contributed by atoms with Gasteiger partial charge in [-0.25, -0.2) is 4.99 Å². The number of fused-ring (bicyclic) bond motifs is 4. The van der Waals surface area contributed by atoms with Crippen molar-refractivity contribution < 1.29 is 18.9 Å². The molecule has 2 N–H and O–H groups in total. The van der Waals surface area contributed by atoms with Crippen molar-refractivity contribution in [3.63, 3.8) is 0 Å². The predicted molar refractivity (Wildman–Crippen MR) is 127 cm³/mol. The van der Waals surface area contributed by atoms with Crippen LogP contribution in [0.15, 0.2) is 41.4 Å². The van der Waals surface area contributed by atoms with E-state index in [2.05, 4.69) is 23.7 Å². The van der Waals surface area contributed by atoms with Gasteiger partial charge in [-0.3, -0.25) is 0 Å². The maximum atomic E-state index is 6.23. The molecule has 0 saturated heterocycles. The minimum atomic E-state index is -0.837. The van der Waals surface area contributed by atoms with Crippen molar-refractivity contribution in [1.82, 2.24) is 0 Å². The summed E-state index contributed by atoms with van der Waals surface area (Å²) >= 11 is 0. The lowest BCUT2D eigenvalue weighted by molar-refractivity contribution is 0.0739. The summed E-state index contributed by atoms with van der Waals surface area (Å²) in [6, 6.07) is 11.8. The molecule has 2 heterocycles. The molecule has 1 spiro atoms. The van der Waals surface area contributed by atoms with Gasteiger partial charge in [0.15, 0.2) is 5.54 Å². The highest BCUT2D eigenvalue weighted by Gasteiger charge is 2.47. The van der Waals surface area contributed by atoms with E-state index in [-0.39, 0.29) is 12.6 Å². The smallest absolute Gasteiger partial charge is 0.283 e. The van der Waals surface area contributed by atoms with Crippen LogP contribution in [0.4, 0.5) is 0 Å². The van der Waals surface area contributed by atoms with Crippen LogP contribution in [0.1, 0.15) is 49.9 Å². The van der Waals surface area contributed by atoms with E-state index < -0.39 is 16.7 Å². The summed E-state index contributed by atoms with van der Waals surface area (Å²) in [6.45, 7) is 7.94. The highest BCUT2D eigenvalue weighted by atomic mass is 16.5. The zero-order chi connectivity index (χ0) is 23.9. The van der Waals surface area contributed by atoms with E-state index in [0.29, 0.717) is 11.5 Å². The molecule has 0 radical (unpaired) electrons. The van der Waals surface area contributed by atoms with E-state index in [1.807, 2.05) is 64.1 Å². The van der Waals surface area contributed by atoms with Crippen LogP contribution in [0.3, 0.4) is 0 Å². The van der Waals surface area contributed by atoms with Gasteiger partial charge in [0, 0.05) is 36.5 Å². The third kappa shape index (κ3) is 4.41. The van der Waals surface area contributed by atoms with Crippen molar-refractivity contribution in [2.45, 2.75) is 44.4 Å². The number of benzene rings is 2. The quantitative estimate of drug-likeness (QED) is 0.711. The summed E-state index contributed by atoms with van der Waals surface area (Å²) in [6.07, 6.45) is 0. The third-order valence-electron chi connectivity index (χ3n) is 5.84. The molecule has 170 valence electrons. The molecule has 0 amide bonds. The van der Waals surface area contributed by atoms with Crippen LogP contribution in [0, 0.1) is 23.7 Å². The molecular formula is C27H28N2O4. The predicted octanol–water partition coefficient (Wildman–Crippen LogP) is 3.93. The Bertz CT molecular complexity index is 1170. The van der Waals surface area contributed by atoms with Crippen LogP contribution in [-0.4, -0.2) is 38.1 Å². The Kier molecular flexibility index (Phi) is 5.62. The Labute approximate surface area is 195 Å². The average molecular weight is 445 g/mol. The van der Waals surface area contributed by atoms with Crippen LogP contribution < -0.4 is 10.5 Å². The largest absolute Gasteiger partial charge is 0.462 e. The fourth-order valence-electron chi connectivity index (χ4n) is 3.56. The van der Waals surface area contributed by atoms with Crippen LogP contribution >= 0.6 is 0 Å². The topological polar surface area (TPSA) is 75.3 Å². The molecule has 2 aliphatic rings. The fraction of sp³-hybridized carbons (Fsp3) is 0.370. The van der Waals surface area contributed by atoms with E-state index in [1.165, 1.54) is 0 Å². The molecule has 0 unspecified atom stereocenters. The minimum absolute atomic E-state index is 0.141. The summed E-state index contributed by atoms with van der Waals surface area (Å²) < 4.78 is 22.7. The van der Waals surface area contributed by atoms with Gasteiger partial charge in [-0.05, 0) is 64.1 Å². The van der Waals surface area contributed by atoms with Gasteiger partial charge >= 0.3 is 0 Å². The lowest BCUT2D eigenvalue weighted by Gasteiger charge is -2.33. The SMILES string of the molecule is COC(C)(C)C#Cc1ccc2c(c1)C1(COC(N)=N1)c1cc(C#CC(C)(C)OC)ccc1O2. The lowest BCUT2D eigenvalue weighted by atomic mass is 9.80. The van der Waals surface area contributed by atoms with E-state index in [9.17, 15) is 0 Å². The molecule has 0 saturated carbocycles. The van der Waals surface area contributed by atoms with Gasteiger partial charge in [-0.15, -0.1) is 0 Å². The zero-order valence-corrected chi connectivity index (χ0v) is 19.8. The van der Waals surface area contributed by atoms with E-state index in [4.69, 9.17) is 29.7 Å². The molecule has 0 aromatic heterocycles. The van der Waals surface area contributed by atoms with Gasteiger partial charge in [-0.2, -0.15) is 0 Å². The second-order valence-corrected chi connectivity index (χ2v) is 9.05. The number of hydrogen-bond donors (Lipinski definition) is 1. The maximum absolute atomic E-state index is 6.23. The summed E-state index contributed by atoms with van der Waals surface area (Å²) in [5.41, 5.74) is 7.39. The number of hydrogen-bond acceptors (Lipinski definition) is 6.